The molecule has 0 radical (unpaired) electrons. The Hall–Kier alpha value is -1.20. The first-order chi connectivity index (χ1) is 12.1. The van der Waals surface area contributed by atoms with Gasteiger partial charge in [0.25, 0.3) is 0 Å². The molecule has 0 aliphatic rings. The van der Waals surface area contributed by atoms with E-state index in [4.69, 9.17) is 3.67 Å². The van der Waals surface area contributed by atoms with Gasteiger partial charge in [0, 0.05) is 33.8 Å². The third-order valence-corrected chi connectivity index (χ3v) is 3.55. The third kappa shape index (κ3) is 14.8. The van der Waals surface area contributed by atoms with Crippen LogP contribution in [0.15, 0.2) is 23.7 Å². The molecule has 0 aromatic carbocycles. The average molecular weight is 436 g/mol. The molecule has 5 nitrogen and oxygen atoms in total. The van der Waals surface area contributed by atoms with Gasteiger partial charge in [-0.15, -0.1) is 0 Å². The molecule has 0 bridgehead atoms. The zero-order valence-electron chi connectivity index (χ0n) is 19.7. The summed E-state index contributed by atoms with van der Waals surface area (Å²) in [6.45, 7) is 22.2. The number of aliphatic hydroxyl groups excluding tert-OH is 2. The van der Waals surface area contributed by atoms with Gasteiger partial charge in [0.05, 0.1) is 0 Å². The summed E-state index contributed by atoms with van der Waals surface area (Å²) in [5, 5.41) is 19.1. The van der Waals surface area contributed by atoms with E-state index < -0.39 is 10.8 Å². The molecule has 0 saturated carbocycles. The molecule has 6 heteroatoms. The molecule has 0 unspecified atom stereocenters. The molecule has 0 heterocycles. The maximum absolute atomic E-state index is 11.5. The summed E-state index contributed by atoms with van der Waals surface area (Å²) in [5.41, 5.74) is -1.53. The Bertz CT molecular complexity index is 522. The van der Waals surface area contributed by atoms with Gasteiger partial charge in [-0.1, -0.05) is 83.1 Å². The number of aliphatic hydroxyl groups is 2. The second-order valence-electron chi connectivity index (χ2n) is 10.8. The molecule has 0 spiro atoms. The zero-order valence-corrected chi connectivity index (χ0v) is 21.1. The Morgan fingerprint density at radius 3 is 0.821 bits per heavy atom. The van der Waals surface area contributed by atoms with Gasteiger partial charge in [-0.25, -0.2) is 0 Å². The van der Waals surface area contributed by atoms with E-state index in [9.17, 15) is 19.8 Å². The molecule has 0 fully saturated rings. The van der Waals surface area contributed by atoms with Crippen molar-refractivity contribution in [2.75, 3.05) is 0 Å². The van der Waals surface area contributed by atoms with Crippen molar-refractivity contribution in [3.63, 3.8) is 0 Å². The molecule has 0 aliphatic carbocycles. The van der Waals surface area contributed by atoms with Crippen LogP contribution in [0.2, 0.25) is 0 Å². The van der Waals surface area contributed by atoms with Crippen molar-refractivity contribution < 1.29 is 40.8 Å². The second-order valence-corrected chi connectivity index (χ2v) is 10.8. The summed E-state index contributed by atoms with van der Waals surface area (Å²) < 4.78 is 8.19. The number of allylic oxidation sites excluding steroid dienone is 4. The summed E-state index contributed by atoms with van der Waals surface area (Å²) >= 11 is 1.06. The fourth-order valence-electron chi connectivity index (χ4n) is 1.11. The van der Waals surface area contributed by atoms with Gasteiger partial charge in [0.15, 0.2) is 11.6 Å². The molecule has 0 aromatic heterocycles. The predicted octanol–water partition coefficient (Wildman–Crippen LogP) is 6.06. The van der Waals surface area contributed by atoms with Crippen molar-refractivity contribution in [3.05, 3.63) is 23.7 Å². The average Bonchev–Trinajstić information content (AvgIpc) is 2.45. The van der Waals surface area contributed by atoms with E-state index in [0.29, 0.717) is 0 Å². The normalized spacial score (nSPS) is 13.5. The van der Waals surface area contributed by atoms with Gasteiger partial charge in [0.1, 0.15) is 11.5 Å². The number of carbonyl (C=O) groups is 2. The third-order valence-electron chi connectivity index (χ3n) is 3.55. The van der Waals surface area contributed by atoms with Crippen LogP contribution in [-0.2, 0) is 30.6 Å². The minimum atomic E-state index is -0.417. The van der Waals surface area contributed by atoms with Gasteiger partial charge in [-0.2, -0.15) is 0 Å². The van der Waals surface area contributed by atoms with Crippen molar-refractivity contribution in [1.29, 1.82) is 0 Å². The number of hydrogen-bond donors (Lipinski definition) is 2. The Morgan fingerprint density at radius 1 is 0.536 bits per heavy atom. The van der Waals surface area contributed by atoms with E-state index in [0.717, 1.165) is 17.4 Å². The molecular weight excluding hydrogens is 395 g/mol. The topological polar surface area (TPSA) is 91.7 Å². The molecule has 0 saturated heterocycles. The predicted molar refractivity (Wildman–Crippen MR) is 110 cm³/mol. The van der Waals surface area contributed by atoms with Crippen LogP contribution in [0.4, 0.5) is 0 Å². The Labute approximate surface area is 180 Å². The Balaban J connectivity index is -0.000000410. The van der Waals surface area contributed by atoms with Gasteiger partial charge in [-0.05, 0) is 0 Å². The fourth-order valence-corrected chi connectivity index (χ4v) is 1.11. The van der Waals surface area contributed by atoms with Gasteiger partial charge in [-0.3, -0.25) is 9.59 Å². The van der Waals surface area contributed by atoms with Crippen LogP contribution in [0.5, 0.6) is 0 Å². The zero-order chi connectivity index (χ0) is 23.7. The summed E-state index contributed by atoms with van der Waals surface area (Å²) in [6.07, 6.45) is 2.67. The van der Waals surface area contributed by atoms with Crippen molar-refractivity contribution in [3.8, 4) is 0 Å². The van der Waals surface area contributed by atoms with E-state index in [1.54, 1.807) is 0 Å². The van der Waals surface area contributed by atoms with Gasteiger partial charge in [0.2, 0.25) is 0 Å². The molecule has 0 rings (SSSR count). The molecule has 0 aromatic rings. The Kier molecular flexibility index (Phi) is 13.2. The molecule has 28 heavy (non-hydrogen) atoms. The SMILES string of the molecule is CC(C)(C)C(=O)/C=C(\O)C(C)(C)C.CC(C)(C)C(=O)/C=C(\O)C(C)(C)C.[O]=[V]. The van der Waals surface area contributed by atoms with Crippen molar-refractivity contribution in [2.45, 2.75) is 83.1 Å². The first-order valence-corrected chi connectivity index (χ1v) is 9.76. The van der Waals surface area contributed by atoms with E-state index in [-0.39, 0.29) is 33.9 Å². The number of rotatable bonds is 2. The number of ketones is 2. The van der Waals surface area contributed by atoms with Crippen molar-refractivity contribution in [2.24, 2.45) is 21.7 Å². The molecule has 0 amide bonds. The summed E-state index contributed by atoms with van der Waals surface area (Å²) in [7, 11) is 0. The van der Waals surface area contributed by atoms with Crippen molar-refractivity contribution in [1.82, 2.24) is 0 Å². The standard InChI is InChI=1S/2C11H20O2.O.V/c2*1-10(2,3)8(12)7-9(13)11(4,5)6;;/h2*7,12H,1-6H3;;/b2*8-7-;;. The number of hydrogen-bond acceptors (Lipinski definition) is 5. The van der Waals surface area contributed by atoms with Crippen LogP contribution in [0.25, 0.3) is 0 Å². The Morgan fingerprint density at radius 2 is 0.714 bits per heavy atom. The van der Waals surface area contributed by atoms with Crippen LogP contribution in [0.1, 0.15) is 83.1 Å². The second kappa shape index (κ2) is 11.7. The first kappa shape index (κ1) is 31.5. The van der Waals surface area contributed by atoms with Gasteiger partial charge < -0.3 is 10.2 Å². The van der Waals surface area contributed by atoms with Crippen LogP contribution in [0, 0.1) is 21.7 Å². The van der Waals surface area contributed by atoms with E-state index in [1.165, 1.54) is 12.2 Å². The summed E-state index contributed by atoms with van der Waals surface area (Å²) in [4.78, 5) is 23.0. The van der Waals surface area contributed by atoms with Crippen LogP contribution >= 0.6 is 0 Å². The first-order valence-electron chi connectivity index (χ1n) is 9.19. The quantitative estimate of drug-likeness (QED) is 0.406. The summed E-state index contributed by atoms with van der Waals surface area (Å²) in [5.74, 6) is 0.208. The van der Waals surface area contributed by atoms with Crippen LogP contribution in [0.3, 0.4) is 0 Å². The molecule has 0 aliphatic heterocycles. The van der Waals surface area contributed by atoms with E-state index >= 15 is 0 Å². The molecule has 2 N–H and O–H groups in total. The summed E-state index contributed by atoms with van der Waals surface area (Å²) in [6, 6.07) is 0. The van der Waals surface area contributed by atoms with Gasteiger partial charge >= 0.3 is 21.0 Å². The molecule has 0 atom stereocenters. The van der Waals surface area contributed by atoms with E-state index in [1.807, 2.05) is 83.1 Å². The fraction of sp³-hybridized carbons (Fsp3) is 0.727. The van der Waals surface area contributed by atoms with Crippen LogP contribution < -0.4 is 0 Å². The van der Waals surface area contributed by atoms with E-state index in [2.05, 4.69) is 0 Å². The van der Waals surface area contributed by atoms with Crippen molar-refractivity contribution >= 4 is 11.6 Å². The minimum absolute atomic E-state index is 0.0417. The molecule has 163 valence electrons. The van der Waals surface area contributed by atoms with Crippen LogP contribution in [-0.4, -0.2) is 21.8 Å². The number of carbonyl (C=O) groups excluding carboxylic acids is 2. The monoisotopic (exact) mass is 435 g/mol. The molecular formula is C22H40O5V. The maximum atomic E-state index is 11.5.